The van der Waals surface area contributed by atoms with Crippen LogP contribution in [0.3, 0.4) is 0 Å². The maximum Gasteiger partial charge on any atom is 0.356 e. The Kier molecular flexibility index (Phi) is 3.68. The Bertz CT molecular complexity index is 185. The van der Waals surface area contributed by atoms with Crippen LogP contribution in [-0.2, 0) is 14.2 Å². The Morgan fingerprint density at radius 2 is 1.91 bits per heavy atom. The molecular weight excluding hydrogens is 171 g/mol. The number of hydrogen-bond donors (Lipinski definition) is 2. The molecule has 0 aromatic rings. The quantitative estimate of drug-likeness (QED) is 0.608. The molecule has 0 saturated carbocycles. The van der Waals surface area contributed by atoms with Crippen molar-refractivity contribution in [3.8, 4) is 0 Å². The largest absolute Gasteiger partial charge is 0.481 e. The third-order valence-electron chi connectivity index (χ3n) is 1.09. The molecule has 0 amide bonds. The smallest absolute Gasteiger partial charge is 0.356 e. The summed E-state index contributed by atoms with van der Waals surface area (Å²) in [5.41, 5.74) is -1.26. The van der Waals surface area contributed by atoms with Crippen LogP contribution in [0.2, 0.25) is 0 Å². The molecule has 0 saturated heterocycles. The van der Waals surface area contributed by atoms with E-state index < -0.39 is 31.8 Å². The van der Waals surface area contributed by atoms with Crippen LogP contribution in [0.1, 0.15) is 6.42 Å². The third kappa shape index (κ3) is 3.68. The predicted octanol–water partition coefficient (Wildman–Crippen LogP) is 0.371. The van der Waals surface area contributed by atoms with E-state index >= 15 is 0 Å². The number of carboxylic acids is 2. The van der Waals surface area contributed by atoms with Crippen molar-refractivity contribution in [2.24, 2.45) is 0 Å². The molecule has 2 atom stereocenters. The first kappa shape index (κ1) is 10.0. The van der Waals surface area contributed by atoms with Crippen molar-refractivity contribution in [1.29, 1.82) is 0 Å². The third-order valence-corrected chi connectivity index (χ3v) is 2.37. The molecule has 5 nitrogen and oxygen atoms in total. The summed E-state index contributed by atoms with van der Waals surface area (Å²) in [5.74, 6) is -2.57. The Morgan fingerprint density at radius 1 is 1.45 bits per heavy atom. The van der Waals surface area contributed by atoms with Gasteiger partial charge in [0.25, 0.3) is 5.66 Å². The molecular formula is C5H8O5P+. The molecule has 0 aliphatic carbocycles. The molecule has 0 aliphatic rings. The maximum atomic E-state index is 10.6. The number of aliphatic carboxylic acids is 2. The minimum Gasteiger partial charge on any atom is -0.481 e. The molecule has 62 valence electrons. The van der Waals surface area contributed by atoms with Gasteiger partial charge >= 0.3 is 19.7 Å². The van der Waals surface area contributed by atoms with E-state index in [1.807, 2.05) is 0 Å². The molecule has 0 bridgehead atoms. The predicted molar refractivity (Wildman–Crippen MR) is 37.2 cm³/mol. The van der Waals surface area contributed by atoms with E-state index in [2.05, 4.69) is 0 Å². The van der Waals surface area contributed by atoms with Crippen molar-refractivity contribution in [1.82, 2.24) is 0 Å². The zero-order valence-electron chi connectivity index (χ0n) is 5.85. The Labute approximate surface area is 63.8 Å². The zero-order valence-corrected chi connectivity index (χ0v) is 6.75. The van der Waals surface area contributed by atoms with E-state index in [-0.39, 0.29) is 0 Å². The van der Waals surface area contributed by atoms with Gasteiger partial charge in [0.1, 0.15) is 13.1 Å². The lowest BCUT2D eigenvalue weighted by Gasteiger charge is -1.94. The average Bonchev–Trinajstić information content (AvgIpc) is 1.81. The zero-order chi connectivity index (χ0) is 9.02. The lowest BCUT2D eigenvalue weighted by Crippen LogP contribution is -2.19. The van der Waals surface area contributed by atoms with E-state index in [1.54, 1.807) is 0 Å². The molecule has 0 aliphatic heterocycles. The molecule has 0 rings (SSSR count). The van der Waals surface area contributed by atoms with Gasteiger partial charge in [-0.3, -0.25) is 4.79 Å². The highest BCUT2D eigenvalue weighted by molar-refractivity contribution is 7.45. The number of carbonyl (C=O) groups is 2. The second kappa shape index (κ2) is 4.03. The first-order chi connectivity index (χ1) is 4.95. The van der Waals surface area contributed by atoms with Crippen molar-refractivity contribution in [2.75, 3.05) is 6.66 Å². The number of rotatable bonds is 4. The highest BCUT2D eigenvalue weighted by Gasteiger charge is 2.35. The van der Waals surface area contributed by atoms with Crippen LogP contribution in [0.15, 0.2) is 0 Å². The Balaban J connectivity index is 4.23. The molecule has 11 heavy (non-hydrogen) atoms. The summed E-state index contributed by atoms with van der Waals surface area (Å²) in [6.45, 7) is 1.21. The van der Waals surface area contributed by atoms with Gasteiger partial charge in [0.2, 0.25) is 0 Å². The summed E-state index contributed by atoms with van der Waals surface area (Å²) in [7, 11) is -1.97. The lowest BCUT2D eigenvalue weighted by molar-refractivity contribution is -0.143. The minimum absolute atomic E-state index is 0.582. The summed E-state index contributed by atoms with van der Waals surface area (Å²) >= 11 is 0. The van der Waals surface area contributed by atoms with Crippen LogP contribution in [0, 0.1) is 0 Å². The van der Waals surface area contributed by atoms with Gasteiger partial charge < -0.3 is 10.2 Å². The highest BCUT2D eigenvalue weighted by atomic mass is 31.1. The molecule has 6 heteroatoms. The maximum absolute atomic E-state index is 10.6. The SMILES string of the molecule is C[P+](=O)C(CC(=O)O)C(=O)O. The van der Waals surface area contributed by atoms with Crippen LogP contribution in [0.4, 0.5) is 0 Å². The lowest BCUT2D eigenvalue weighted by atomic mass is 10.3. The monoisotopic (exact) mass is 179 g/mol. The molecule has 2 N–H and O–H groups in total. The average molecular weight is 179 g/mol. The fourth-order valence-corrected chi connectivity index (χ4v) is 1.26. The van der Waals surface area contributed by atoms with Gasteiger partial charge in [-0.2, -0.15) is 0 Å². The van der Waals surface area contributed by atoms with Crippen molar-refractivity contribution < 1.29 is 24.4 Å². The summed E-state index contributed by atoms with van der Waals surface area (Å²) in [5, 5.41) is 16.5. The van der Waals surface area contributed by atoms with Crippen LogP contribution in [0.25, 0.3) is 0 Å². The second-order valence-corrected chi connectivity index (χ2v) is 3.71. The van der Waals surface area contributed by atoms with Crippen molar-refractivity contribution in [3.63, 3.8) is 0 Å². The van der Waals surface area contributed by atoms with E-state index in [9.17, 15) is 14.2 Å². The molecule has 0 fully saturated rings. The van der Waals surface area contributed by atoms with E-state index in [0.29, 0.717) is 0 Å². The van der Waals surface area contributed by atoms with Gasteiger partial charge in [0.05, 0.1) is 0 Å². The number of carboxylic acid groups (broad SMARTS) is 2. The fourth-order valence-electron chi connectivity index (χ4n) is 0.537. The topological polar surface area (TPSA) is 91.7 Å². The van der Waals surface area contributed by atoms with E-state index in [0.717, 1.165) is 0 Å². The van der Waals surface area contributed by atoms with E-state index in [4.69, 9.17) is 10.2 Å². The Morgan fingerprint density at radius 3 is 2.00 bits per heavy atom. The molecule has 0 spiro atoms. The molecule has 2 unspecified atom stereocenters. The summed E-state index contributed by atoms with van der Waals surface area (Å²) in [4.78, 5) is 20.3. The first-order valence-corrected chi connectivity index (χ1v) is 4.57. The van der Waals surface area contributed by atoms with Gasteiger partial charge in [-0.05, 0) is 0 Å². The summed E-state index contributed by atoms with van der Waals surface area (Å²) in [6.07, 6.45) is -0.582. The first-order valence-electron chi connectivity index (χ1n) is 2.79. The van der Waals surface area contributed by atoms with Gasteiger partial charge in [0.15, 0.2) is 0 Å². The minimum atomic E-state index is -1.97. The fraction of sp³-hybridized carbons (Fsp3) is 0.600. The molecule has 0 radical (unpaired) electrons. The highest BCUT2D eigenvalue weighted by Crippen LogP contribution is 2.25. The van der Waals surface area contributed by atoms with Gasteiger partial charge in [0, 0.05) is 0 Å². The van der Waals surface area contributed by atoms with Crippen LogP contribution >= 0.6 is 7.80 Å². The number of hydrogen-bond acceptors (Lipinski definition) is 3. The second-order valence-electron chi connectivity index (χ2n) is 2.00. The molecule has 0 aromatic carbocycles. The summed E-state index contributed by atoms with van der Waals surface area (Å²) < 4.78 is 10.6. The van der Waals surface area contributed by atoms with Crippen LogP contribution < -0.4 is 0 Å². The van der Waals surface area contributed by atoms with Crippen molar-refractivity contribution >= 4 is 19.7 Å². The summed E-state index contributed by atoms with van der Waals surface area (Å²) in [6, 6.07) is 0. The van der Waals surface area contributed by atoms with Crippen molar-refractivity contribution in [2.45, 2.75) is 12.1 Å². The van der Waals surface area contributed by atoms with E-state index in [1.165, 1.54) is 6.66 Å². The van der Waals surface area contributed by atoms with Gasteiger partial charge in [-0.25, -0.2) is 4.79 Å². The molecule has 0 aromatic heterocycles. The standard InChI is InChI=1S/C5H7O5P/c1-11(10)3(5(8)9)2-4(6)7/h3H,2H2,1H3,(H-,6,7,8,9)/p+1. The van der Waals surface area contributed by atoms with Gasteiger partial charge in [-0.1, -0.05) is 4.57 Å². The van der Waals surface area contributed by atoms with Crippen LogP contribution in [0.5, 0.6) is 0 Å². The van der Waals surface area contributed by atoms with Gasteiger partial charge in [-0.15, -0.1) is 0 Å². The normalized spacial score (nSPS) is 13.7. The van der Waals surface area contributed by atoms with Crippen molar-refractivity contribution in [3.05, 3.63) is 0 Å². The van der Waals surface area contributed by atoms with Crippen LogP contribution in [-0.4, -0.2) is 34.5 Å². The molecule has 0 heterocycles. The Hall–Kier alpha value is -0.960.